The van der Waals surface area contributed by atoms with Crippen molar-refractivity contribution in [3.8, 4) is 16.9 Å². The van der Waals surface area contributed by atoms with Gasteiger partial charge in [0.25, 0.3) is 5.91 Å². The minimum atomic E-state index is -0.0947. The van der Waals surface area contributed by atoms with Crippen LogP contribution in [-0.2, 0) is 6.42 Å². The molecule has 0 fully saturated rings. The summed E-state index contributed by atoms with van der Waals surface area (Å²) >= 11 is 0. The molecule has 7 nitrogen and oxygen atoms in total. The standard InChI is InChI=1S/C30H31N5O2/c1-6-35-28-25(30(36)34(5)26-8-7-12-31-29(26)35)16-22(17-33-28)11-13-37-27-10-9-23(15-20(27)3)24-14-19(2)21(4)32-18-24/h7-10,12,14-18H,6,11,13H2,1-5H3. The Kier molecular flexibility index (Phi) is 6.61. The first-order valence-electron chi connectivity index (χ1n) is 12.5. The first-order chi connectivity index (χ1) is 17.9. The summed E-state index contributed by atoms with van der Waals surface area (Å²) in [4.78, 5) is 30.7. The third-order valence-corrected chi connectivity index (χ3v) is 6.91. The number of anilines is 3. The number of aromatic nitrogens is 3. The minimum absolute atomic E-state index is 0.0947. The van der Waals surface area contributed by atoms with Crippen LogP contribution < -0.4 is 14.5 Å². The predicted octanol–water partition coefficient (Wildman–Crippen LogP) is 5.83. The lowest BCUT2D eigenvalue weighted by Crippen LogP contribution is -2.25. The second-order valence-electron chi connectivity index (χ2n) is 9.37. The highest BCUT2D eigenvalue weighted by molar-refractivity contribution is 6.12. The SMILES string of the molecule is CCN1c2ncc(CCOc3ccc(-c4cnc(C)c(C)c4)cc3C)cc2C(=O)N(C)c2cccnc21. The fourth-order valence-electron chi connectivity index (χ4n) is 4.63. The van der Waals surface area contributed by atoms with Crippen molar-refractivity contribution in [1.29, 1.82) is 0 Å². The molecule has 4 heterocycles. The molecule has 188 valence electrons. The molecule has 5 rings (SSSR count). The van der Waals surface area contributed by atoms with Gasteiger partial charge in [0.15, 0.2) is 5.82 Å². The van der Waals surface area contributed by atoms with Crippen molar-refractivity contribution in [3.05, 3.63) is 89.0 Å². The molecular weight excluding hydrogens is 462 g/mol. The van der Waals surface area contributed by atoms with Crippen molar-refractivity contribution < 1.29 is 9.53 Å². The van der Waals surface area contributed by atoms with Crippen molar-refractivity contribution in [1.82, 2.24) is 15.0 Å². The van der Waals surface area contributed by atoms with Crippen LogP contribution in [0.2, 0.25) is 0 Å². The van der Waals surface area contributed by atoms with Gasteiger partial charge in [0.05, 0.1) is 17.9 Å². The molecular formula is C30H31N5O2. The molecule has 0 unspecified atom stereocenters. The summed E-state index contributed by atoms with van der Waals surface area (Å²) in [5, 5.41) is 0. The number of amides is 1. The van der Waals surface area contributed by atoms with Crippen LogP contribution >= 0.6 is 0 Å². The second-order valence-corrected chi connectivity index (χ2v) is 9.37. The summed E-state index contributed by atoms with van der Waals surface area (Å²) < 4.78 is 6.12. The van der Waals surface area contributed by atoms with Gasteiger partial charge < -0.3 is 14.5 Å². The Balaban J connectivity index is 1.32. The van der Waals surface area contributed by atoms with Crippen LogP contribution in [0, 0.1) is 20.8 Å². The number of carbonyl (C=O) groups excluding carboxylic acids is 1. The molecule has 1 aliphatic rings. The largest absolute Gasteiger partial charge is 0.493 e. The Morgan fingerprint density at radius 2 is 1.70 bits per heavy atom. The Hall–Kier alpha value is -4.26. The van der Waals surface area contributed by atoms with E-state index in [1.807, 2.05) is 55.4 Å². The number of hydrogen-bond donors (Lipinski definition) is 0. The number of rotatable bonds is 6. The first-order valence-corrected chi connectivity index (χ1v) is 12.5. The van der Waals surface area contributed by atoms with Gasteiger partial charge in [0, 0.05) is 49.9 Å². The lowest BCUT2D eigenvalue weighted by Gasteiger charge is -2.22. The van der Waals surface area contributed by atoms with Crippen LogP contribution in [0.5, 0.6) is 5.75 Å². The number of fused-ring (bicyclic) bond motifs is 2. The molecule has 3 aromatic heterocycles. The number of aryl methyl sites for hydroxylation is 3. The third kappa shape index (κ3) is 4.65. The van der Waals surface area contributed by atoms with Gasteiger partial charge in [-0.3, -0.25) is 9.78 Å². The highest BCUT2D eigenvalue weighted by Crippen LogP contribution is 2.37. The zero-order valence-electron chi connectivity index (χ0n) is 21.9. The number of hydrogen-bond acceptors (Lipinski definition) is 6. The Morgan fingerprint density at radius 1 is 0.892 bits per heavy atom. The molecule has 0 aliphatic carbocycles. The maximum Gasteiger partial charge on any atom is 0.261 e. The Bertz CT molecular complexity index is 1480. The summed E-state index contributed by atoms with van der Waals surface area (Å²) in [5.41, 5.74) is 7.80. The molecule has 7 heteroatoms. The van der Waals surface area contributed by atoms with E-state index < -0.39 is 0 Å². The summed E-state index contributed by atoms with van der Waals surface area (Å²) in [5.74, 6) is 2.12. The van der Waals surface area contributed by atoms with Crippen molar-refractivity contribution in [2.45, 2.75) is 34.1 Å². The van der Waals surface area contributed by atoms with Gasteiger partial charge in [0.2, 0.25) is 0 Å². The van der Waals surface area contributed by atoms with E-state index >= 15 is 0 Å². The lowest BCUT2D eigenvalue weighted by molar-refractivity contribution is 0.0994. The van der Waals surface area contributed by atoms with Gasteiger partial charge in [-0.25, -0.2) is 9.97 Å². The summed E-state index contributed by atoms with van der Waals surface area (Å²) in [6.45, 7) is 9.32. The third-order valence-electron chi connectivity index (χ3n) is 6.91. The van der Waals surface area contributed by atoms with Crippen LogP contribution in [-0.4, -0.2) is 41.1 Å². The van der Waals surface area contributed by atoms with Crippen molar-refractivity contribution in [3.63, 3.8) is 0 Å². The van der Waals surface area contributed by atoms with E-state index in [0.29, 0.717) is 31.0 Å². The number of carbonyl (C=O) groups is 1. The van der Waals surface area contributed by atoms with E-state index in [1.165, 1.54) is 5.56 Å². The molecule has 1 aromatic carbocycles. The topological polar surface area (TPSA) is 71.5 Å². The van der Waals surface area contributed by atoms with Gasteiger partial charge in [0.1, 0.15) is 11.6 Å². The molecule has 37 heavy (non-hydrogen) atoms. The van der Waals surface area contributed by atoms with Gasteiger partial charge in [-0.15, -0.1) is 0 Å². The summed E-state index contributed by atoms with van der Waals surface area (Å²) in [6.07, 6.45) is 6.12. The molecule has 0 saturated carbocycles. The van der Waals surface area contributed by atoms with E-state index in [-0.39, 0.29) is 5.91 Å². The zero-order chi connectivity index (χ0) is 26.1. The van der Waals surface area contributed by atoms with Crippen LogP contribution in [0.4, 0.5) is 17.3 Å². The predicted molar refractivity (Wildman–Crippen MR) is 147 cm³/mol. The van der Waals surface area contributed by atoms with Crippen LogP contribution in [0.3, 0.4) is 0 Å². The molecule has 0 radical (unpaired) electrons. The molecule has 0 saturated heterocycles. The maximum atomic E-state index is 13.3. The molecule has 0 spiro atoms. The van der Waals surface area contributed by atoms with Gasteiger partial charge in [-0.2, -0.15) is 0 Å². The highest BCUT2D eigenvalue weighted by atomic mass is 16.5. The van der Waals surface area contributed by atoms with E-state index in [2.05, 4.69) is 42.0 Å². The quantitative estimate of drug-likeness (QED) is 0.336. The maximum absolute atomic E-state index is 13.3. The van der Waals surface area contributed by atoms with Gasteiger partial charge >= 0.3 is 0 Å². The molecule has 0 atom stereocenters. The van der Waals surface area contributed by atoms with Crippen molar-refractivity contribution >= 4 is 23.2 Å². The summed E-state index contributed by atoms with van der Waals surface area (Å²) in [6, 6.07) is 14.1. The molecule has 0 N–H and O–H groups in total. The van der Waals surface area contributed by atoms with Crippen LogP contribution in [0.1, 0.15) is 39.7 Å². The van der Waals surface area contributed by atoms with Crippen LogP contribution in [0.15, 0.2) is 61.1 Å². The minimum Gasteiger partial charge on any atom is -0.493 e. The normalized spacial score (nSPS) is 12.7. The zero-order valence-corrected chi connectivity index (χ0v) is 21.9. The number of benzene rings is 1. The average Bonchev–Trinajstić information content (AvgIpc) is 2.99. The fourth-order valence-corrected chi connectivity index (χ4v) is 4.63. The average molecular weight is 494 g/mol. The van der Waals surface area contributed by atoms with E-state index in [0.717, 1.165) is 45.2 Å². The second kappa shape index (κ2) is 10.0. The molecule has 4 aromatic rings. The number of pyridine rings is 3. The summed E-state index contributed by atoms with van der Waals surface area (Å²) in [7, 11) is 1.78. The Morgan fingerprint density at radius 3 is 2.46 bits per heavy atom. The van der Waals surface area contributed by atoms with Crippen LogP contribution in [0.25, 0.3) is 11.1 Å². The monoisotopic (exact) mass is 493 g/mol. The smallest absolute Gasteiger partial charge is 0.261 e. The van der Waals surface area contributed by atoms with E-state index in [9.17, 15) is 4.79 Å². The van der Waals surface area contributed by atoms with Crippen molar-refractivity contribution in [2.24, 2.45) is 0 Å². The molecule has 0 bridgehead atoms. The van der Waals surface area contributed by atoms with Gasteiger partial charge in [-0.05, 0) is 86.3 Å². The number of ether oxygens (including phenoxy) is 1. The first kappa shape index (κ1) is 24.4. The van der Waals surface area contributed by atoms with Gasteiger partial charge in [-0.1, -0.05) is 6.07 Å². The lowest BCUT2D eigenvalue weighted by atomic mass is 10.0. The fraction of sp³-hybridized carbons (Fsp3) is 0.267. The van der Waals surface area contributed by atoms with E-state index in [1.54, 1.807) is 18.1 Å². The highest BCUT2D eigenvalue weighted by Gasteiger charge is 2.30. The molecule has 1 amide bonds. The van der Waals surface area contributed by atoms with Crippen molar-refractivity contribution in [2.75, 3.05) is 30.0 Å². The van der Waals surface area contributed by atoms with E-state index in [4.69, 9.17) is 9.72 Å². The molecule has 1 aliphatic heterocycles. The Labute approximate surface area is 217 Å². The number of nitrogens with zero attached hydrogens (tertiary/aromatic N) is 5.